The molecule has 74 valence electrons. The van der Waals surface area contributed by atoms with Gasteiger partial charge in [0.05, 0.1) is 12.4 Å². The summed E-state index contributed by atoms with van der Waals surface area (Å²) in [5.41, 5.74) is 0. The first-order chi connectivity index (χ1) is 6.01. The van der Waals surface area contributed by atoms with Gasteiger partial charge < -0.3 is 4.74 Å². The third kappa shape index (κ3) is 3.35. The molecule has 0 aliphatic rings. The van der Waals surface area contributed by atoms with Gasteiger partial charge in [0.1, 0.15) is 0 Å². The van der Waals surface area contributed by atoms with Crippen molar-refractivity contribution < 1.29 is 17.9 Å². The summed E-state index contributed by atoms with van der Waals surface area (Å²) in [6.07, 6.45) is -1.62. The molecule has 0 N–H and O–H groups in total. The minimum Gasteiger partial charge on any atom is -0.481 e. The molecule has 6 heteroatoms. The quantitative estimate of drug-likeness (QED) is 0.734. The van der Waals surface area contributed by atoms with Gasteiger partial charge in [-0.3, -0.25) is 4.68 Å². The molecule has 0 aliphatic heterocycles. The Kier molecular flexibility index (Phi) is 2.79. The van der Waals surface area contributed by atoms with Crippen LogP contribution in [0.2, 0.25) is 0 Å². The molecule has 0 spiro atoms. The maximum atomic E-state index is 11.7. The predicted molar refractivity (Wildman–Crippen MR) is 39.5 cm³/mol. The lowest BCUT2D eigenvalue weighted by molar-refractivity contribution is -0.153. The van der Waals surface area contributed by atoms with Gasteiger partial charge in [-0.2, -0.15) is 18.3 Å². The second-order valence-electron chi connectivity index (χ2n) is 2.44. The Morgan fingerprint density at radius 1 is 1.54 bits per heavy atom. The minimum absolute atomic E-state index is 0.138. The molecular weight excluding hydrogens is 185 g/mol. The lowest BCUT2D eigenvalue weighted by Gasteiger charge is -2.05. The summed E-state index contributed by atoms with van der Waals surface area (Å²) < 4.78 is 41.0. The van der Waals surface area contributed by atoms with Crippen molar-refractivity contribution in [3.05, 3.63) is 12.4 Å². The third-order valence-corrected chi connectivity index (χ3v) is 1.34. The lowest BCUT2D eigenvalue weighted by Crippen LogP contribution is -2.19. The molecule has 0 radical (unpaired) electrons. The third-order valence-electron chi connectivity index (χ3n) is 1.34. The number of halogens is 3. The number of hydrogen-bond acceptors (Lipinski definition) is 2. The summed E-state index contributed by atoms with van der Waals surface area (Å²) >= 11 is 0. The van der Waals surface area contributed by atoms with Gasteiger partial charge in [0.15, 0.2) is 12.4 Å². The highest BCUT2D eigenvalue weighted by molar-refractivity contribution is 5.11. The summed E-state index contributed by atoms with van der Waals surface area (Å²) in [6, 6.07) is 0. The van der Waals surface area contributed by atoms with E-state index in [0.717, 1.165) is 0 Å². The van der Waals surface area contributed by atoms with Gasteiger partial charge in [0.2, 0.25) is 0 Å². The highest BCUT2D eigenvalue weighted by atomic mass is 19.4. The number of hydrogen-bond donors (Lipinski definition) is 0. The van der Waals surface area contributed by atoms with Crippen molar-refractivity contribution >= 4 is 0 Å². The molecule has 0 aromatic carbocycles. The molecule has 0 unspecified atom stereocenters. The Morgan fingerprint density at radius 2 is 2.23 bits per heavy atom. The summed E-state index contributed by atoms with van der Waals surface area (Å²) in [5.74, 6) is 0.138. The van der Waals surface area contributed by atoms with E-state index in [4.69, 9.17) is 0 Å². The fourth-order valence-corrected chi connectivity index (χ4v) is 0.757. The first-order valence-electron chi connectivity index (χ1n) is 3.73. The normalized spacial score (nSPS) is 11.7. The molecule has 0 amide bonds. The lowest BCUT2D eigenvalue weighted by atomic mass is 10.6. The zero-order chi connectivity index (χ0) is 9.90. The first kappa shape index (κ1) is 9.88. The van der Waals surface area contributed by atoms with Gasteiger partial charge in [-0.05, 0) is 6.92 Å². The maximum absolute atomic E-state index is 11.7. The molecule has 3 nitrogen and oxygen atoms in total. The van der Waals surface area contributed by atoms with Crippen LogP contribution in [0.15, 0.2) is 12.4 Å². The number of ether oxygens (including phenoxy) is 1. The Labute approximate surface area is 73.1 Å². The summed E-state index contributed by atoms with van der Waals surface area (Å²) in [4.78, 5) is 0. The SMILES string of the molecule is CCn1cc(OCC(F)(F)F)cn1. The van der Waals surface area contributed by atoms with Gasteiger partial charge in [-0.25, -0.2) is 0 Å². The Balaban J connectivity index is 2.46. The van der Waals surface area contributed by atoms with Crippen LogP contribution in [0, 0.1) is 0 Å². The van der Waals surface area contributed by atoms with E-state index in [0.29, 0.717) is 6.54 Å². The van der Waals surface area contributed by atoms with E-state index in [1.54, 1.807) is 0 Å². The average Bonchev–Trinajstić information content (AvgIpc) is 2.47. The van der Waals surface area contributed by atoms with Crippen LogP contribution in [0.5, 0.6) is 5.75 Å². The standard InChI is InChI=1S/C7H9F3N2O/c1-2-12-4-6(3-11-12)13-5-7(8,9)10/h3-4H,2,5H2,1H3. The molecular formula is C7H9F3N2O. The highest BCUT2D eigenvalue weighted by Crippen LogP contribution is 2.17. The van der Waals surface area contributed by atoms with Gasteiger partial charge in [-0.15, -0.1) is 0 Å². The van der Waals surface area contributed by atoms with Crippen molar-refractivity contribution in [1.29, 1.82) is 0 Å². The average molecular weight is 194 g/mol. The van der Waals surface area contributed by atoms with Crippen LogP contribution in [0.25, 0.3) is 0 Å². The molecule has 1 aromatic heterocycles. The predicted octanol–water partition coefficient (Wildman–Crippen LogP) is 1.84. The number of aromatic nitrogens is 2. The van der Waals surface area contributed by atoms with Gasteiger partial charge in [0.25, 0.3) is 0 Å². The van der Waals surface area contributed by atoms with Crippen LogP contribution in [0.3, 0.4) is 0 Å². The van der Waals surface area contributed by atoms with Crippen LogP contribution in [-0.2, 0) is 6.54 Å². The zero-order valence-corrected chi connectivity index (χ0v) is 7.01. The van der Waals surface area contributed by atoms with Crippen molar-refractivity contribution in [2.45, 2.75) is 19.6 Å². The Morgan fingerprint density at radius 3 is 2.69 bits per heavy atom. The molecule has 0 atom stereocenters. The van der Waals surface area contributed by atoms with E-state index in [-0.39, 0.29) is 5.75 Å². The Hall–Kier alpha value is -1.20. The molecule has 13 heavy (non-hydrogen) atoms. The molecule has 1 heterocycles. The maximum Gasteiger partial charge on any atom is 0.422 e. The summed E-state index contributed by atoms with van der Waals surface area (Å²) in [6.45, 7) is 1.17. The van der Waals surface area contributed by atoms with Crippen molar-refractivity contribution in [3.8, 4) is 5.75 Å². The van der Waals surface area contributed by atoms with Crippen molar-refractivity contribution in [2.75, 3.05) is 6.61 Å². The van der Waals surface area contributed by atoms with Crippen LogP contribution >= 0.6 is 0 Å². The first-order valence-corrected chi connectivity index (χ1v) is 3.73. The second kappa shape index (κ2) is 3.68. The van der Waals surface area contributed by atoms with E-state index in [9.17, 15) is 13.2 Å². The molecule has 1 rings (SSSR count). The van der Waals surface area contributed by atoms with Gasteiger partial charge >= 0.3 is 6.18 Å². The van der Waals surface area contributed by atoms with Gasteiger partial charge in [-0.1, -0.05) is 0 Å². The molecule has 0 aliphatic carbocycles. The molecule has 0 saturated heterocycles. The van der Waals surface area contributed by atoms with Crippen LogP contribution in [-0.4, -0.2) is 22.6 Å². The number of rotatable bonds is 3. The summed E-state index contributed by atoms with van der Waals surface area (Å²) in [5, 5.41) is 3.76. The topological polar surface area (TPSA) is 27.1 Å². The van der Waals surface area contributed by atoms with Crippen molar-refractivity contribution in [2.24, 2.45) is 0 Å². The van der Waals surface area contributed by atoms with Crippen molar-refractivity contribution in [3.63, 3.8) is 0 Å². The number of aryl methyl sites for hydroxylation is 1. The van der Waals surface area contributed by atoms with E-state index < -0.39 is 12.8 Å². The highest BCUT2D eigenvalue weighted by Gasteiger charge is 2.28. The summed E-state index contributed by atoms with van der Waals surface area (Å²) in [7, 11) is 0. The Bertz CT molecular complexity index is 269. The second-order valence-corrected chi connectivity index (χ2v) is 2.44. The van der Waals surface area contributed by atoms with E-state index in [2.05, 4.69) is 9.84 Å². The molecule has 0 fully saturated rings. The molecule has 0 saturated carbocycles. The van der Waals surface area contributed by atoms with Crippen molar-refractivity contribution in [1.82, 2.24) is 9.78 Å². The molecule has 0 bridgehead atoms. The van der Waals surface area contributed by atoms with Crippen LogP contribution in [0.4, 0.5) is 13.2 Å². The van der Waals surface area contributed by atoms with Gasteiger partial charge in [0, 0.05) is 6.54 Å². The van der Waals surface area contributed by atoms with Crippen LogP contribution in [0.1, 0.15) is 6.92 Å². The van der Waals surface area contributed by atoms with E-state index >= 15 is 0 Å². The van der Waals surface area contributed by atoms with Crippen LogP contribution < -0.4 is 4.74 Å². The van der Waals surface area contributed by atoms with E-state index in [1.165, 1.54) is 17.1 Å². The number of alkyl halides is 3. The van der Waals surface area contributed by atoms with E-state index in [1.807, 2.05) is 6.92 Å². The monoisotopic (exact) mass is 194 g/mol. The fraction of sp³-hybridized carbons (Fsp3) is 0.571. The largest absolute Gasteiger partial charge is 0.481 e. The molecule has 1 aromatic rings. The fourth-order valence-electron chi connectivity index (χ4n) is 0.757. The smallest absolute Gasteiger partial charge is 0.422 e. The minimum atomic E-state index is -4.30. The number of nitrogens with zero attached hydrogens (tertiary/aromatic N) is 2. The zero-order valence-electron chi connectivity index (χ0n) is 7.01.